The number of halogens is 1. The van der Waals surface area contributed by atoms with Crippen molar-refractivity contribution in [2.24, 2.45) is 5.92 Å². The van der Waals surface area contributed by atoms with Gasteiger partial charge in [-0.15, -0.1) is 0 Å². The van der Waals surface area contributed by atoms with Crippen molar-refractivity contribution in [1.29, 1.82) is 0 Å². The minimum absolute atomic E-state index is 0.0391. The molecule has 166 valence electrons. The van der Waals surface area contributed by atoms with Gasteiger partial charge in [0.2, 0.25) is 5.91 Å². The molecular weight excluding hydrogens is 387 g/mol. The quantitative estimate of drug-likeness (QED) is 0.742. The van der Waals surface area contributed by atoms with Crippen molar-refractivity contribution in [3.05, 3.63) is 35.6 Å². The van der Waals surface area contributed by atoms with Crippen LogP contribution in [0.2, 0.25) is 0 Å². The molecule has 7 nitrogen and oxygen atoms in total. The van der Waals surface area contributed by atoms with Crippen LogP contribution in [0, 0.1) is 11.7 Å². The molecule has 2 N–H and O–H groups in total. The summed E-state index contributed by atoms with van der Waals surface area (Å²) in [7, 11) is 0. The normalized spacial score (nSPS) is 18.7. The predicted octanol–water partition coefficient (Wildman–Crippen LogP) is 2.62. The van der Waals surface area contributed by atoms with Gasteiger partial charge < -0.3 is 20.4 Å². The Hall–Kier alpha value is -2.64. The van der Waals surface area contributed by atoms with Crippen molar-refractivity contribution in [2.75, 3.05) is 19.6 Å². The van der Waals surface area contributed by atoms with Crippen LogP contribution < -0.4 is 10.6 Å². The Balaban J connectivity index is 2.08. The highest BCUT2D eigenvalue weighted by Gasteiger charge is 2.35. The molecule has 1 fully saturated rings. The summed E-state index contributed by atoms with van der Waals surface area (Å²) in [5.41, 5.74) is 0.180. The van der Waals surface area contributed by atoms with E-state index in [0.717, 1.165) is 6.07 Å². The zero-order valence-corrected chi connectivity index (χ0v) is 18.4. The second-order valence-corrected chi connectivity index (χ2v) is 8.28. The van der Waals surface area contributed by atoms with Crippen molar-refractivity contribution in [3.63, 3.8) is 0 Å². The first kappa shape index (κ1) is 23.6. The fourth-order valence-electron chi connectivity index (χ4n) is 3.52. The summed E-state index contributed by atoms with van der Waals surface area (Å²) < 4.78 is 13.5. The van der Waals surface area contributed by atoms with Crippen molar-refractivity contribution in [1.82, 2.24) is 20.4 Å². The number of carbonyl (C=O) groups excluding carboxylic acids is 3. The van der Waals surface area contributed by atoms with Gasteiger partial charge in [-0.25, -0.2) is 9.18 Å². The van der Waals surface area contributed by atoms with Gasteiger partial charge >= 0.3 is 6.03 Å². The molecule has 1 aromatic rings. The number of piperazine rings is 1. The third-order valence-electron chi connectivity index (χ3n) is 5.46. The fourth-order valence-corrected chi connectivity index (χ4v) is 3.52. The van der Waals surface area contributed by atoms with E-state index in [4.69, 9.17) is 0 Å². The minimum Gasteiger partial charge on any atom is -0.340 e. The number of urea groups is 1. The molecule has 1 aliphatic rings. The van der Waals surface area contributed by atoms with Crippen LogP contribution in [0.4, 0.5) is 9.18 Å². The Morgan fingerprint density at radius 1 is 1.17 bits per heavy atom. The number of nitrogens with one attached hydrogen (secondary N) is 2. The first-order valence-electron chi connectivity index (χ1n) is 10.6. The molecule has 8 heteroatoms. The molecule has 1 aromatic carbocycles. The molecule has 1 aliphatic heterocycles. The van der Waals surface area contributed by atoms with Gasteiger partial charge in [-0.05, 0) is 44.9 Å². The second kappa shape index (κ2) is 10.4. The van der Waals surface area contributed by atoms with E-state index in [1.807, 2.05) is 34.6 Å². The molecule has 4 amide bonds. The van der Waals surface area contributed by atoms with Crippen molar-refractivity contribution < 1.29 is 18.8 Å². The maximum atomic E-state index is 13.5. The Morgan fingerprint density at radius 2 is 1.87 bits per heavy atom. The lowest BCUT2D eigenvalue weighted by Gasteiger charge is -2.41. The number of hydrogen-bond donors (Lipinski definition) is 2. The Bertz CT molecular complexity index is 771. The van der Waals surface area contributed by atoms with E-state index in [2.05, 4.69) is 10.6 Å². The van der Waals surface area contributed by atoms with Crippen LogP contribution >= 0.6 is 0 Å². The number of benzene rings is 1. The van der Waals surface area contributed by atoms with E-state index < -0.39 is 17.8 Å². The van der Waals surface area contributed by atoms with Gasteiger partial charge in [0.05, 0.1) is 0 Å². The third kappa shape index (κ3) is 5.93. The van der Waals surface area contributed by atoms with Gasteiger partial charge in [-0.1, -0.05) is 26.3 Å². The molecule has 0 aromatic heterocycles. The molecule has 30 heavy (non-hydrogen) atoms. The molecule has 1 heterocycles. The number of nitrogens with zero attached hydrogens (tertiary/aromatic N) is 2. The van der Waals surface area contributed by atoms with Gasteiger partial charge in [0.15, 0.2) is 0 Å². The predicted molar refractivity (Wildman–Crippen MR) is 114 cm³/mol. The first-order chi connectivity index (χ1) is 14.1. The van der Waals surface area contributed by atoms with Crippen LogP contribution in [0.15, 0.2) is 24.3 Å². The lowest BCUT2D eigenvalue weighted by molar-refractivity contribution is -0.136. The fraction of sp³-hybridized carbons (Fsp3) is 0.591. The van der Waals surface area contributed by atoms with Crippen molar-refractivity contribution in [3.8, 4) is 0 Å². The minimum atomic E-state index is -0.714. The number of hydrogen-bond acceptors (Lipinski definition) is 3. The third-order valence-corrected chi connectivity index (χ3v) is 5.46. The number of amides is 4. The van der Waals surface area contributed by atoms with E-state index >= 15 is 0 Å². The SMILES string of the molecule is CCC(C)C(NC(=O)c1cccc(F)c1)C(=O)N1CCN(C(=O)NC(C)C)C(C)C1. The highest BCUT2D eigenvalue weighted by atomic mass is 19.1. The standard InChI is InChI=1S/C22H33FN4O3/c1-6-15(4)19(25-20(28)17-8-7-9-18(23)12-17)21(29)26-10-11-27(16(5)13-26)22(30)24-14(2)3/h7-9,12,14-16,19H,6,10-11,13H2,1-5H3,(H,24,30)(H,25,28). The molecule has 0 spiro atoms. The Kier molecular flexibility index (Phi) is 8.20. The largest absolute Gasteiger partial charge is 0.340 e. The molecule has 3 unspecified atom stereocenters. The summed E-state index contributed by atoms with van der Waals surface area (Å²) in [6.07, 6.45) is 0.701. The smallest absolute Gasteiger partial charge is 0.317 e. The van der Waals surface area contributed by atoms with Gasteiger partial charge in [0.25, 0.3) is 5.91 Å². The maximum Gasteiger partial charge on any atom is 0.317 e. The van der Waals surface area contributed by atoms with E-state index in [1.165, 1.54) is 18.2 Å². The summed E-state index contributed by atoms with van der Waals surface area (Å²) in [5, 5.41) is 5.68. The van der Waals surface area contributed by atoms with Crippen LogP contribution in [-0.4, -0.2) is 65.4 Å². The molecule has 3 atom stereocenters. The van der Waals surface area contributed by atoms with Crippen LogP contribution in [0.1, 0.15) is 51.4 Å². The van der Waals surface area contributed by atoms with E-state index in [1.54, 1.807) is 9.80 Å². The topological polar surface area (TPSA) is 81.8 Å². The molecular formula is C22H33FN4O3. The molecule has 1 saturated heterocycles. The molecule has 0 bridgehead atoms. The first-order valence-corrected chi connectivity index (χ1v) is 10.6. The van der Waals surface area contributed by atoms with Gasteiger partial charge in [-0.2, -0.15) is 0 Å². The van der Waals surface area contributed by atoms with Crippen LogP contribution in [0.3, 0.4) is 0 Å². The van der Waals surface area contributed by atoms with Gasteiger partial charge in [-0.3, -0.25) is 9.59 Å². The van der Waals surface area contributed by atoms with E-state index in [0.29, 0.717) is 26.1 Å². The van der Waals surface area contributed by atoms with Gasteiger partial charge in [0, 0.05) is 37.3 Å². The zero-order valence-electron chi connectivity index (χ0n) is 18.4. The highest BCUT2D eigenvalue weighted by Crippen LogP contribution is 2.17. The van der Waals surface area contributed by atoms with Crippen LogP contribution in [0.25, 0.3) is 0 Å². The summed E-state index contributed by atoms with van der Waals surface area (Å²) in [6, 6.07) is 4.45. The average Bonchev–Trinajstić information content (AvgIpc) is 2.70. The lowest BCUT2D eigenvalue weighted by Crippen LogP contribution is -2.61. The van der Waals surface area contributed by atoms with E-state index in [9.17, 15) is 18.8 Å². The average molecular weight is 421 g/mol. The monoisotopic (exact) mass is 420 g/mol. The summed E-state index contributed by atoms with van der Waals surface area (Å²) >= 11 is 0. The number of carbonyl (C=O) groups is 3. The molecule has 2 rings (SSSR count). The zero-order chi connectivity index (χ0) is 22.4. The van der Waals surface area contributed by atoms with Crippen LogP contribution in [-0.2, 0) is 4.79 Å². The second-order valence-electron chi connectivity index (χ2n) is 8.28. The summed E-state index contributed by atoms with van der Waals surface area (Å²) in [4.78, 5) is 41.6. The van der Waals surface area contributed by atoms with Crippen LogP contribution in [0.5, 0.6) is 0 Å². The summed E-state index contributed by atoms with van der Waals surface area (Å²) in [5.74, 6) is -1.24. The molecule has 0 radical (unpaired) electrons. The lowest BCUT2D eigenvalue weighted by atomic mass is 9.96. The molecule has 0 aliphatic carbocycles. The van der Waals surface area contributed by atoms with Gasteiger partial charge in [0.1, 0.15) is 11.9 Å². The maximum absolute atomic E-state index is 13.5. The highest BCUT2D eigenvalue weighted by molar-refractivity contribution is 5.97. The van der Waals surface area contributed by atoms with Crippen molar-refractivity contribution in [2.45, 2.75) is 59.2 Å². The number of rotatable bonds is 6. The molecule has 0 saturated carbocycles. The summed E-state index contributed by atoms with van der Waals surface area (Å²) in [6.45, 7) is 10.8. The van der Waals surface area contributed by atoms with E-state index in [-0.39, 0.29) is 35.5 Å². The Labute approximate surface area is 178 Å². The Morgan fingerprint density at radius 3 is 2.43 bits per heavy atom. The van der Waals surface area contributed by atoms with Crippen molar-refractivity contribution >= 4 is 17.8 Å².